The Kier molecular flexibility index (Phi) is 4.61. The maximum absolute atomic E-state index is 5.86. The van der Waals surface area contributed by atoms with Gasteiger partial charge in [0.2, 0.25) is 0 Å². The van der Waals surface area contributed by atoms with Crippen LogP contribution < -0.4 is 5.73 Å². The Labute approximate surface area is 110 Å². The third kappa shape index (κ3) is 4.00. The SMILES string of the molecule is CC(C)OC1CCN(Cc2cccc(N)c2)CC1. The van der Waals surface area contributed by atoms with Crippen molar-refractivity contribution in [1.82, 2.24) is 4.90 Å². The summed E-state index contributed by atoms with van der Waals surface area (Å²) in [7, 11) is 0. The molecule has 0 bridgehead atoms. The van der Waals surface area contributed by atoms with E-state index in [0.717, 1.165) is 38.2 Å². The molecule has 100 valence electrons. The van der Waals surface area contributed by atoms with Crippen LogP contribution in [0, 0.1) is 0 Å². The Morgan fingerprint density at radius 3 is 2.67 bits per heavy atom. The summed E-state index contributed by atoms with van der Waals surface area (Å²) < 4.78 is 5.86. The third-order valence-corrected chi connectivity index (χ3v) is 3.36. The molecule has 0 aromatic heterocycles. The quantitative estimate of drug-likeness (QED) is 0.833. The van der Waals surface area contributed by atoms with Gasteiger partial charge in [-0.05, 0) is 44.4 Å². The normalized spacial score (nSPS) is 18.4. The molecular formula is C15H24N2O. The van der Waals surface area contributed by atoms with Crippen molar-refractivity contribution in [1.29, 1.82) is 0 Å². The van der Waals surface area contributed by atoms with Gasteiger partial charge in [0.15, 0.2) is 0 Å². The highest BCUT2D eigenvalue weighted by molar-refractivity contribution is 5.40. The van der Waals surface area contributed by atoms with Crippen molar-refractivity contribution in [3.05, 3.63) is 29.8 Å². The molecule has 2 N–H and O–H groups in total. The Hall–Kier alpha value is -1.06. The van der Waals surface area contributed by atoms with Crippen molar-refractivity contribution < 1.29 is 4.74 Å². The number of likely N-dealkylation sites (tertiary alicyclic amines) is 1. The standard InChI is InChI=1S/C15H24N2O/c1-12(2)18-15-6-8-17(9-7-15)11-13-4-3-5-14(16)10-13/h3-5,10,12,15H,6-9,11,16H2,1-2H3. The first-order valence-electron chi connectivity index (χ1n) is 6.85. The number of hydrogen-bond donors (Lipinski definition) is 1. The van der Waals surface area contributed by atoms with E-state index in [1.54, 1.807) is 0 Å². The zero-order valence-corrected chi connectivity index (χ0v) is 11.4. The summed E-state index contributed by atoms with van der Waals surface area (Å²) in [5, 5.41) is 0. The summed E-state index contributed by atoms with van der Waals surface area (Å²) in [5.74, 6) is 0. The molecule has 1 aromatic carbocycles. The summed E-state index contributed by atoms with van der Waals surface area (Å²) in [5.41, 5.74) is 7.96. The lowest BCUT2D eigenvalue weighted by Gasteiger charge is -2.32. The number of piperidine rings is 1. The lowest BCUT2D eigenvalue weighted by Crippen LogP contribution is -2.37. The molecule has 0 saturated carbocycles. The largest absolute Gasteiger partial charge is 0.399 e. The minimum atomic E-state index is 0.343. The Morgan fingerprint density at radius 1 is 1.33 bits per heavy atom. The lowest BCUT2D eigenvalue weighted by atomic mass is 10.1. The fourth-order valence-corrected chi connectivity index (χ4v) is 2.54. The first-order valence-corrected chi connectivity index (χ1v) is 6.85. The van der Waals surface area contributed by atoms with Gasteiger partial charge in [0.05, 0.1) is 12.2 Å². The molecule has 0 atom stereocenters. The molecule has 0 radical (unpaired) electrons. The van der Waals surface area contributed by atoms with Crippen LogP contribution in [-0.4, -0.2) is 30.2 Å². The highest BCUT2D eigenvalue weighted by Gasteiger charge is 2.20. The minimum absolute atomic E-state index is 0.343. The van der Waals surface area contributed by atoms with Crippen LogP contribution >= 0.6 is 0 Å². The van der Waals surface area contributed by atoms with Gasteiger partial charge in [0.25, 0.3) is 0 Å². The van der Waals surface area contributed by atoms with E-state index in [2.05, 4.69) is 30.9 Å². The van der Waals surface area contributed by atoms with Crippen molar-refractivity contribution >= 4 is 5.69 Å². The van der Waals surface area contributed by atoms with Gasteiger partial charge in [-0.3, -0.25) is 4.90 Å². The van der Waals surface area contributed by atoms with Crippen molar-refractivity contribution in [2.24, 2.45) is 0 Å². The monoisotopic (exact) mass is 248 g/mol. The summed E-state index contributed by atoms with van der Waals surface area (Å²) in [6, 6.07) is 8.18. The van der Waals surface area contributed by atoms with Crippen LogP contribution in [0.3, 0.4) is 0 Å². The van der Waals surface area contributed by atoms with Gasteiger partial charge in [0, 0.05) is 25.3 Å². The topological polar surface area (TPSA) is 38.5 Å². The number of ether oxygens (including phenoxy) is 1. The molecule has 1 fully saturated rings. The van der Waals surface area contributed by atoms with Crippen LogP contribution in [0.1, 0.15) is 32.3 Å². The van der Waals surface area contributed by atoms with E-state index in [1.807, 2.05) is 12.1 Å². The molecule has 18 heavy (non-hydrogen) atoms. The molecule has 1 heterocycles. The fourth-order valence-electron chi connectivity index (χ4n) is 2.54. The van der Waals surface area contributed by atoms with Crippen LogP contribution in [0.15, 0.2) is 24.3 Å². The first-order chi connectivity index (χ1) is 8.63. The zero-order valence-electron chi connectivity index (χ0n) is 11.4. The Bertz CT molecular complexity index is 371. The van der Waals surface area contributed by atoms with Crippen LogP contribution in [0.4, 0.5) is 5.69 Å². The molecule has 0 spiro atoms. The van der Waals surface area contributed by atoms with Gasteiger partial charge in [0.1, 0.15) is 0 Å². The van der Waals surface area contributed by atoms with Crippen LogP contribution in [-0.2, 0) is 11.3 Å². The smallest absolute Gasteiger partial charge is 0.0603 e. The van der Waals surface area contributed by atoms with Gasteiger partial charge in [-0.15, -0.1) is 0 Å². The third-order valence-electron chi connectivity index (χ3n) is 3.36. The van der Waals surface area contributed by atoms with E-state index < -0.39 is 0 Å². The molecule has 0 unspecified atom stereocenters. The second kappa shape index (κ2) is 6.21. The van der Waals surface area contributed by atoms with Crippen molar-refractivity contribution in [2.75, 3.05) is 18.8 Å². The van der Waals surface area contributed by atoms with Crippen molar-refractivity contribution in [3.63, 3.8) is 0 Å². The molecule has 3 nitrogen and oxygen atoms in total. The zero-order chi connectivity index (χ0) is 13.0. The minimum Gasteiger partial charge on any atom is -0.399 e. The van der Waals surface area contributed by atoms with Crippen LogP contribution in [0.5, 0.6) is 0 Å². The summed E-state index contributed by atoms with van der Waals surface area (Å²) >= 11 is 0. The second-order valence-corrected chi connectivity index (χ2v) is 5.41. The molecule has 2 rings (SSSR count). The molecular weight excluding hydrogens is 224 g/mol. The van der Waals surface area contributed by atoms with Crippen LogP contribution in [0.2, 0.25) is 0 Å². The van der Waals surface area contributed by atoms with E-state index in [1.165, 1.54) is 5.56 Å². The summed E-state index contributed by atoms with van der Waals surface area (Å²) in [6.07, 6.45) is 3.07. The Balaban J connectivity index is 1.80. The van der Waals surface area contributed by atoms with Gasteiger partial charge in [-0.2, -0.15) is 0 Å². The summed E-state index contributed by atoms with van der Waals surface area (Å²) in [4.78, 5) is 2.48. The highest BCUT2D eigenvalue weighted by Crippen LogP contribution is 2.18. The molecule has 0 amide bonds. The van der Waals surface area contributed by atoms with Gasteiger partial charge >= 0.3 is 0 Å². The van der Waals surface area contributed by atoms with Crippen molar-refractivity contribution in [2.45, 2.75) is 45.4 Å². The predicted octanol–water partition coefficient (Wildman–Crippen LogP) is 2.66. The average Bonchev–Trinajstić information content (AvgIpc) is 2.31. The van der Waals surface area contributed by atoms with Crippen LogP contribution in [0.25, 0.3) is 0 Å². The van der Waals surface area contributed by atoms with Gasteiger partial charge < -0.3 is 10.5 Å². The lowest BCUT2D eigenvalue weighted by molar-refractivity contribution is -0.0279. The van der Waals surface area contributed by atoms with E-state index in [9.17, 15) is 0 Å². The molecule has 1 aliphatic rings. The van der Waals surface area contributed by atoms with E-state index in [4.69, 9.17) is 10.5 Å². The number of nitrogens with two attached hydrogens (primary N) is 1. The molecule has 1 saturated heterocycles. The molecule has 1 aromatic rings. The van der Waals surface area contributed by atoms with Crippen molar-refractivity contribution in [3.8, 4) is 0 Å². The first kappa shape index (κ1) is 13.4. The number of nitrogens with zero attached hydrogens (tertiary/aromatic N) is 1. The number of anilines is 1. The Morgan fingerprint density at radius 2 is 2.06 bits per heavy atom. The number of rotatable bonds is 4. The molecule has 0 aliphatic carbocycles. The predicted molar refractivity (Wildman–Crippen MR) is 75.4 cm³/mol. The summed E-state index contributed by atoms with van der Waals surface area (Å²) in [6.45, 7) is 7.45. The average molecular weight is 248 g/mol. The van der Waals surface area contributed by atoms with E-state index in [0.29, 0.717) is 12.2 Å². The van der Waals surface area contributed by atoms with Gasteiger partial charge in [-0.1, -0.05) is 12.1 Å². The number of benzene rings is 1. The second-order valence-electron chi connectivity index (χ2n) is 5.41. The molecule has 3 heteroatoms. The number of hydrogen-bond acceptors (Lipinski definition) is 3. The van der Waals surface area contributed by atoms with E-state index in [-0.39, 0.29) is 0 Å². The van der Waals surface area contributed by atoms with Gasteiger partial charge in [-0.25, -0.2) is 0 Å². The maximum atomic E-state index is 5.86. The highest BCUT2D eigenvalue weighted by atomic mass is 16.5. The number of nitrogen functional groups attached to an aromatic ring is 1. The molecule has 1 aliphatic heterocycles. The maximum Gasteiger partial charge on any atom is 0.0603 e. The fraction of sp³-hybridized carbons (Fsp3) is 0.600. The van der Waals surface area contributed by atoms with E-state index >= 15 is 0 Å².